The molecule has 0 aliphatic heterocycles. The summed E-state index contributed by atoms with van der Waals surface area (Å²) in [4.78, 5) is 0. The number of benzene rings is 6. The van der Waals surface area contributed by atoms with Crippen molar-refractivity contribution in [1.29, 1.82) is 0 Å². The molecule has 0 amide bonds. The Hall–Kier alpha value is -3.92. The van der Waals surface area contributed by atoms with Crippen molar-refractivity contribution in [3.8, 4) is 22.3 Å². The van der Waals surface area contributed by atoms with E-state index in [4.69, 9.17) is 4.65 Å². The van der Waals surface area contributed by atoms with Gasteiger partial charge in [-0.25, -0.2) is 0 Å². The van der Waals surface area contributed by atoms with Crippen molar-refractivity contribution >= 4 is 45.3 Å². The smallest absolute Gasteiger partial charge is 0.330 e. The van der Waals surface area contributed by atoms with Gasteiger partial charge in [0.2, 0.25) is 0 Å². The Kier molecular flexibility index (Phi) is 6.30. The molecule has 0 saturated carbocycles. The molecule has 3 heteroatoms. The van der Waals surface area contributed by atoms with Crippen molar-refractivity contribution in [2.45, 2.75) is 38.9 Å². The van der Waals surface area contributed by atoms with Gasteiger partial charge in [0.05, 0.1) is 11.2 Å². The third-order valence-corrected chi connectivity index (χ3v) is 8.13. The number of fused-ring (bicyclic) bond motifs is 3. The SMILES string of the molecule is CC(C)(O)C(C)(C)O[B]c1cccc(-c2c3ccccc3c(-c3cccc4ccccc34)c3ccccc23)c1. The third kappa shape index (κ3) is 4.52. The van der Waals surface area contributed by atoms with Crippen molar-refractivity contribution in [2.24, 2.45) is 0 Å². The van der Waals surface area contributed by atoms with Crippen LogP contribution in [0.25, 0.3) is 54.6 Å². The summed E-state index contributed by atoms with van der Waals surface area (Å²) in [6.07, 6.45) is 0. The van der Waals surface area contributed by atoms with Crippen LogP contribution in [-0.4, -0.2) is 23.8 Å². The summed E-state index contributed by atoms with van der Waals surface area (Å²) in [6.45, 7) is 7.35. The zero-order chi connectivity index (χ0) is 27.2. The molecule has 0 bridgehead atoms. The molecule has 1 N–H and O–H groups in total. The van der Waals surface area contributed by atoms with Crippen LogP contribution in [0.2, 0.25) is 0 Å². The van der Waals surface area contributed by atoms with Crippen molar-refractivity contribution in [3.05, 3.63) is 115 Å². The van der Waals surface area contributed by atoms with E-state index in [2.05, 4.69) is 109 Å². The van der Waals surface area contributed by atoms with Gasteiger partial charge in [-0.2, -0.15) is 0 Å². The molecule has 39 heavy (non-hydrogen) atoms. The van der Waals surface area contributed by atoms with Gasteiger partial charge >= 0.3 is 7.48 Å². The second-order valence-corrected chi connectivity index (χ2v) is 11.3. The second-order valence-electron chi connectivity index (χ2n) is 11.3. The highest BCUT2D eigenvalue weighted by atomic mass is 16.5. The van der Waals surface area contributed by atoms with Crippen LogP contribution < -0.4 is 5.46 Å². The third-order valence-electron chi connectivity index (χ3n) is 8.13. The number of aliphatic hydroxyl groups is 1. The maximum atomic E-state index is 10.5. The summed E-state index contributed by atoms with van der Waals surface area (Å²) in [6, 6.07) is 41.1. The molecule has 0 heterocycles. The zero-order valence-corrected chi connectivity index (χ0v) is 22.9. The van der Waals surface area contributed by atoms with Crippen LogP contribution in [0.3, 0.4) is 0 Å². The minimum absolute atomic E-state index is 0.734. The summed E-state index contributed by atoms with van der Waals surface area (Å²) >= 11 is 0. The molecule has 0 fully saturated rings. The molecule has 6 aromatic carbocycles. The summed E-state index contributed by atoms with van der Waals surface area (Å²) in [5, 5.41) is 17.9. The fourth-order valence-electron chi connectivity index (χ4n) is 5.30. The molecule has 0 aliphatic carbocycles. The number of rotatable bonds is 6. The van der Waals surface area contributed by atoms with Gasteiger partial charge in [0.15, 0.2) is 0 Å². The van der Waals surface area contributed by atoms with Crippen molar-refractivity contribution in [2.75, 3.05) is 0 Å². The van der Waals surface area contributed by atoms with E-state index in [1.54, 1.807) is 21.3 Å². The Balaban J connectivity index is 1.58. The van der Waals surface area contributed by atoms with Gasteiger partial charge in [0, 0.05) is 0 Å². The summed E-state index contributed by atoms with van der Waals surface area (Å²) in [7, 11) is 1.76. The Morgan fingerprint density at radius 1 is 0.564 bits per heavy atom. The van der Waals surface area contributed by atoms with Gasteiger partial charge < -0.3 is 9.76 Å². The van der Waals surface area contributed by atoms with Crippen LogP contribution in [0.4, 0.5) is 0 Å². The van der Waals surface area contributed by atoms with Gasteiger partial charge in [0.25, 0.3) is 0 Å². The van der Waals surface area contributed by atoms with Gasteiger partial charge in [-0.1, -0.05) is 121 Å². The van der Waals surface area contributed by atoms with E-state index in [0.717, 1.165) is 11.0 Å². The first kappa shape index (κ1) is 25.4. The first-order valence-corrected chi connectivity index (χ1v) is 13.5. The fraction of sp³-hybridized carbons (Fsp3) is 0.167. The van der Waals surface area contributed by atoms with E-state index in [-0.39, 0.29) is 0 Å². The van der Waals surface area contributed by atoms with Gasteiger partial charge in [0.1, 0.15) is 0 Å². The summed E-state index contributed by atoms with van der Waals surface area (Å²) in [5.74, 6) is 0. The molecular weight excluding hydrogens is 475 g/mol. The van der Waals surface area contributed by atoms with Crippen LogP contribution >= 0.6 is 0 Å². The van der Waals surface area contributed by atoms with Crippen LogP contribution in [0, 0.1) is 0 Å². The predicted molar refractivity (Wildman–Crippen MR) is 167 cm³/mol. The second kappa shape index (κ2) is 9.68. The Morgan fingerprint density at radius 3 is 1.69 bits per heavy atom. The molecule has 0 saturated heterocycles. The average molecular weight is 507 g/mol. The minimum Gasteiger partial charge on any atom is -0.427 e. The Morgan fingerprint density at radius 2 is 1.08 bits per heavy atom. The zero-order valence-electron chi connectivity index (χ0n) is 22.9. The molecule has 0 aliphatic rings. The summed E-state index contributed by atoms with van der Waals surface area (Å²) in [5.41, 5.74) is 4.09. The molecule has 0 aromatic heterocycles. The van der Waals surface area contributed by atoms with Crippen molar-refractivity contribution in [1.82, 2.24) is 0 Å². The van der Waals surface area contributed by atoms with E-state index >= 15 is 0 Å². The topological polar surface area (TPSA) is 29.5 Å². The Labute approximate surface area is 231 Å². The van der Waals surface area contributed by atoms with Crippen LogP contribution in [0.15, 0.2) is 115 Å². The quantitative estimate of drug-likeness (QED) is 0.182. The molecule has 6 rings (SSSR count). The molecule has 0 spiro atoms. The molecule has 0 unspecified atom stereocenters. The highest BCUT2D eigenvalue weighted by molar-refractivity contribution is 6.47. The largest absolute Gasteiger partial charge is 0.427 e. The number of hydrogen-bond donors (Lipinski definition) is 1. The van der Waals surface area contributed by atoms with Gasteiger partial charge in [-0.15, -0.1) is 0 Å². The minimum atomic E-state index is -0.981. The van der Waals surface area contributed by atoms with E-state index < -0.39 is 11.2 Å². The molecular formula is C36H32BO2. The lowest BCUT2D eigenvalue weighted by Gasteiger charge is -2.37. The van der Waals surface area contributed by atoms with Crippen molar-refractivity contribution in [3.63, 3.8) is 0 Å². The monoisotopic (exact) mass is 507 g/mol. The predicted octanol–water partition coefficient (Wildman–Crippen LogP) is 8.29. The standard InChI is InChI=1S/C36H32BO2/c1-35(2,38)36(3,4)39-37-26-16-11-15-25(23-26)33-29-18-7-9-20-31(29)34(32-21-10-8-19-30(32)33)28-22-12-14-24-13-5-6-17-27(24)28/h5-23,38H,1-4H3. The highest BCUT2D eigenvalue weighted by Gasteiger charge is 2.35. The normalized spacial score (nSPS) is 12.3. The van der Waals surface area contributed by atoms with Gasteiger partial charge in [-0.3, -0.25) is 0 Å². The fourth-order valence-corrected chi connectivity index (χ4v) is 5.30. The summed E-state index contributed by atoms with van der Waals surface area (Å²) < 4.78 is 6.09. The van der Waals surface area contributed by atoms with Crippen LogP contribution in [-0.2, 0) is 4.65 Å². The first-order chi connectivity index (χ1) is 18.7. The van der Waals surface area contributed by atoms with Gasteiger partial charge in [-0.05, 0) is 82.3 Å². The molecule has 0 atom stereocenters. The maximum Gasteiger partial charge on any atom is 0.330 e. The molecule has 6 aromatic rings. The molecule has 191 valence electrons. The maximum absolute atomic E-state index is 10.5. The van der Waals surface area contributed by atoms with E-state index in [9.17, 15) is 5.11 Å². The number of hydrogen-bond acceptors (Lipinski definition) is 2. The first-order valence-electron chi connectivity index (χ1n) is 13.5. The average Bonchev–Trinajstić information content (AvgIpc) is 2.94. The van der Waals surface area contributed by atoms with E-state index in [1.165, 1.54) is 49.0 Å². The lowest BCUT2D eigenvalue weighted by molar-refractivity contribution is -0.0893. The highest BCUT2D eigenvalue weighted by Crippen LogP contribution is 2.44. The van der Waals surface area contributed by atoms with Crippen molar-refractivity contribution < 1.29 is 9.76 Å². The van der Waals surface area contributed by atoms with Crippen LogP contribution in [0.1, 0.15) is 27.7 Å². The lowest BCUT2D eigenvalue weighted by atomic mass is 9.80. The Bertz CT molecular complexity index is 1770. The molecule has 1 radical (unpaired) electrons. The van der Waals surface area contributed by atoms with E-state index in [1.807, 2.05) is 19.9 Å². The van der Waals surface area contributed by atoms with E-state index in [0.29, 0.717) is 0 Å². The lowest BCUT2D eigenvalue weighted by Crippen LogP contribution is -2.49. The molecule has 2 nitrogen and oxygen atoms in total. The van der Waals surface area contributed by atoms with Crippen LogP contribution in [0.5, 0.6) is 0 Å².